The first-order chi connectivity index (χ1) is 7.67. The van der Waals surface area contributed by atoms with Gasteiger partial charge in [0.25, 0.3) is 0 Å². The number of carbonyl (C=O) groups excluding carboxylic acids is 2. The zero-order chi connectivity index (χ0) is 12.0. The molecular weight excluding hydrogens is 212 g/mol. The maximum atomic E-state index is 11.0. The van der Waals surface area contributed by atoms with E-state index in [1.807, 2.05) is 0 Å². The Bertz CT molecular complexity index is 456. The summed E-state index contributed by atoms with van der Waals surface area (Å²) in [6.45, 7) is 0. The van der Waals surface area contributed by atoms with E-state index in [0.29, 0.717) is 0 Å². The van der Waals surface area contributed by atoms with Crippen molar-refractivity contribution in [1.82, 2.24) is 9.97 Å². The highest BCUT2D eigenvalue weighted by Crippen LogP contribution is 1.95. The summed E-state index contributed by atoms with van der Waals surface area (Å²) in [6.07, 6.45) is 2.48. The summed E-state index contributed by atoms with van der Waals surface area (Å²) in [6, 6.07) is 0. The van der Waals surface area contributed by atoms with Crippen LogP contribution in [0.25, 0.3) is 0 Å². The van der Waals surface area contributed by atoms with Crippen LogP contribution in [0.3, 0.4) is 0 Å². The topological polar surface area (TPSA) is 78.4 Å². The highest BCUT2D eigenvalue weighted by Gasteiger charge is 2.06. The second-order valence-electron chi connectivity index (χ2n) is 2.52. The van der Waals surface area contributed by atoms with Crippen LogP contribution in [0.5, 0.6) is 0 Å². The normalized spacial score (nSPS) is 8.62. The minimum absolute atomic E-state index is 0.0751. The smallest absolute Gasteiger partial charge is 0.384 e. The van der Waals surface area contributed by atoms with Crippen LogP contribution < -0.4 is 0 Å². The van der Waals surface area contributed by atoms with Crippen LogP contribution in [-0.4, -0.2) is 36.1 Å². The fourth-order valence-electron chi connectivity index (χ4n) is 0.769. The lowest BCUT2D eigenvalue weighted by Crippen LogP contribution is -2.05. The van der Waals surface area contributed by atoms with Gasteiger partial charge in [-0.05, 0) is 5.92 Å². The van der Waals surface area contributed by atoms with E-state index in [1.165, 1.54) is 26.6 Å². The molecule has 0 aliphatic heterocycles. The molecule has 1 aromatic heterocycles. The van der Waals surface area contributed by atoms with Crippen molar-refractivity contribution >= 4 is 11.9 Å². The minimum Gasteiger partial charge on any atom is -0.464 e. The van der Waals surface area contributed by atoms with E-state index in [0.717, 1.165) is 0 Å². The molecule has 16 heavy (non-hydrogen) atoms. The standard InChI is InChI=1S/C10H8N2O4/c1-15-9(13)4-3-7-5-12-8(6-11-7)10(14)16-2/h5-6H,1-2H3. The zero-order valence-electron chi connectivity index (χ0n) is 8.68. The van der Waals surface area contributed by atoms with Gasteiger partial charge in [-0.3, -0.25) is 0 Å². The molecule has 0 aliphatic carbocycles. The van der Waals surface area contributed by atoms with E-state index in [1.54, 1.807) is 0 Å². The summed E-state index contributed by atoms with van der Waals surface area (Å²) >= 11 is 0. The molecule has 0 spiro atoms. The summed E-state index contributed by atoms with van der Waals surface area (Å²) < 4.78 is 8.76. The summed E-state index contributed by atoms with van der Waals surface area (Å²) in [5.74, 6) is 3.36. The average Bonchev–Trinajstić information content (AvgIpc) is 2.35. The third-order valence-corrected chi connectivity index (χ3v) is 1.52. The largest absolute Gasteiger partial charge is 0.464 e. The Hall–Kier alpha value is -2.42. The van der Waals surface area contributed by atoms with Crippen molar-refractivity contribution in [2.24, 2.45) is 0 Å². The number of aromatic nitrogens is 2. The Morgan fingerprint density at radius 1 is 1.19 bits per heavy atom. The van der Waals surface area contributed by atoms with E-state index < -0.39 is 11.9 Å². The van der Waals surface area contributed by atoms with Gasteiger partial charge in [0.15, 0.2) is 5.69 Å². The summed E-state index contributed by atoms with van der Waals surface area (Å²) in [5, 5.41) is 0. The SMILES string of the molecule is COC(=O)C#Cc1cnc(C(=O)OC)cn1. The second-order valence-corrected chi connectivity index (χ2v) is 2.52. The first-order valence-corrected chi connectivity index (χ1v) is 4.17. The number of esters is 2. The molecule has 1 heterocycles. The molecular formula is C10H8N2O4. The van der Waals surface area contributed by atoms with Gasteiger partial charge in [0.05, 0.1) is 26.6 Å². The predicted octanol–water partition coefficient (Wildman–Crippen LogP) is -0.212. The molecule has 1 rings (SSSR count). The highest BCUT2D eigenvalue weighted by atomic mass is 16.5. The Balaban J connectivity index is 2.82. The van der Waals surface area contributed by atoms with Crippen molar-refractivity contribution in [3.8, 4) is 11.8 Å². The number of carbonyl (C=O) groups is 2. The lowest BCUT2D eigenvalue weighted by molar-refractivity contribution is -0.133. The molecule has 0 saturated carbocycles. The number of methoxy groups -OCH3 is 2. The molecule has 82 valence electrons. The van der Waals surface area contributed by atoms with Crippen LogP contribution >= 0.6 is 0 Å². The number of hydrogen-bond acceptors (Lipinski definition) is 6. The number of nitrogens with zero attached hydrogens (tertiary/aromatic N) is 2. The number of ether oxygens (including phenoxy) is 2. The first kappa shape index (κ1) is 11.7. The molecule has 0 amide bonds. The van der Waals surface area contributed by atoms with Crippen molar-refractivity contribution < 1.29 is 19.1 Å². The molecule has 0 atom stereocenters. The monoisotopic (exact) mass is 220 g/mol. The minimum atomic E-state index is -0.668. The van der Waals surface area contributed by atoms with Gasteiger partial charge in [-0.1, -0.05) is 0 Å². The van der Waals surface area contributed by atoms with Gasteiger partial charge in [-0.25, -0.2) is 19.6 Å². The maximum Gasteiger partial charge on any atom is 0.384 e. The molecule has 1 aromatic rings. The summed E-state index contributed by atoms with van der Waals surface area (Å²) in [4.78, 5) is 29.3. The van der Waals surface area contributed by atoms with Crippen molar-refractivity contribution in [2.45, 2.75) is 0 Å². The Kier molecular flexibility index (Phi) is 3.98. The highest BCUT2D eigenvalue weighted by molar-refractivity contribution is 5.89. The molecule has 0 saturated heterocycles. The van der Waals surface area contributed by atoms with Crippen molar-refractivity contribution in [3.05, 3.63) is 23.8 Å². The number of hydrogen-bond donors (Lipinski definition) is 0. The van der Waals surface area contributed by atoms with Gasteiger partial charge in [0, 0.05) is 5.92 Å². The van der Waals surface area contributed by atoms with Crippen molar-refractivity contribution in [1.29, 1.82) is 0 Å². The molecule has 0 unspecified atom stereocenters. The molecule has 6 nitrogen and oxygen atoms in total. The van der Waals surface area contributed by atoms with Gasteiger partial charge in [-0.15, -0.1) is 0 Å². The Morgan fingerprint density at radius 3 is 2.44 bits per heavy atom. The van der Waals surface area contributed by atoms with Crippen molar-refractivity contribution in [2.75, 3.05) is 14.2 Å². The van der Waals surface area contributed by atoms with Crippen LogP contribution in [-0.2, 0) is 14.3 Å². The molecule has 0 bridgehead atoms. The Morgan fingerprint density at radius 2 is 1.94 bits per heavy atom. The maximum absolute atomic E-state index is 11.0. The fourth-order valence-corrected chi connectivity index (χ4v) is 0.769. The average molecular weight is 220 g/mol. The van der Waals surface area contributed by atoms with Gasteiger partial charge in [-0.2, -0.15) is 0 Å². The summed E-state index contributed by atoms with van der Waals surface area (Å²) in [5.41, 5.74) is 0.337. The van der Waals surface area contributed by atoms with E-state index in [2.05, 4.69) is 31.3 Å². The Labute approximate surface area is 91.6 Å². The van der Waals surface area contributed by atoms with E-state index >= 15 is 0 Å². The third kappa shape index (κ3) is 3.06. The molecule has 6 heteroatoms. The van der Waals surface area contributed by atoms with Crippen LogP contribution in [0.15, 0.2) is 12.4 Å². The number of rotatable bonds is 1. The quantitative estimate of drug-likeness (QED) is 0.481. The van der Waals surface area contributed by atoms with Crippen LogP contribution in [0.1, 0.15) is 16.2 Å². The predicted molar refractivity (Wildman–Crippen MR) is 52.3 cm³/mol. The summed E-state index contributed by atoms with van der Waals surface area (Å²) in [7, 11) is 2.47. The van der Waals surface area contributed by atoms with E-state index in [9.17, 15) is 9.59 Å². The molecule has 0 fully saturated rings. The van der Waals surface area contributed by atoms with Gasteiger partial charge in [0.1, 0.15) is 5.69 Å². The van der Waals surface area contributed by atoms with Crippen LogP contribution in [0, 0.1) is 11.8 Å². The van der Waals surface area contributed by atoms with Crippen LogP contribution in [0.4, 0.5) is 0 Å². The van der Waals surface area contributed by atoms with Gasteiger partial charge in [0.2, 0.25) is 0 Å². The zero-order valence-corrected chi connectivity index (χ0v) is 8.68. The fraction of sp³-hybridized carbons (Fsp3) is 0.200. The van der Waals surface area contributed by atoms with E-state index in [-0.39, 0.29) is 11.4 Å². The molecule has 0 aromatic carbocycles. The van der Waals surface area contributed by atoms with E-state index in [4.69, 9.17) is 0 Å². The molecule has 0 aliphatic rings. The lowest BCUT2D eigenvalue weighted by atomic mass is 10.4. The third-order valence-electron chi connectivity index (χ3n) is 1.52. The molecule has 0 N–H and O–H groups in total. The van der Waals surface area contributed by atoms with Gasteiger partial charge >= 0.3 is 11.9 Å². The van der Waals surface area contributed by atoms with Gasteiger partial charge < -0.3 is 9.47 Å². The first-order valence-electron chi connectivity index (χ1n) is 4.17. The second kappa shape index (κ2) is 5.46. The lowest BCUT2D eigenvalue weighted by Gasteiger charge is -1.96. The molecule has 0 radical (unpaired) electrons. The van der Waals surface area contributed by atoms with Crippen molar-refractivity contribution in [3.63, 3.8) is 0 Å². The van der Waals surface area contributed by atoms with Crippen LogP contribution in [0.2, 0.25) is 0 Å².